The molecule has 0 fully saturated rings. The smallest absolute Gasteiger partial charge is 0.228 e. The predicted molar refractivity (Wildman–Crippen MR) is 129 cm³/mol. The van der Waals surface area contributed by atoms with E-state index in [1.807, 2.05) is 24.3 Å². The molecule has 9 heteroatoms. The van der Waals surface area contributed by atoms with Crippen molar-refractivity contribution in [3.05, 3.63) is 27.8 Å². The van der Waals surface area contributed by atoms with E-state index in [1.54, 1.807) is 0 Å². The molecule has 1 atom stereocenters. The topological polar surface area (TPSA) is 53.2 Å². The summed E-state index contributed by atoms with van der Waals surface area (Å²) in [6, 6.07) is 7.66. The summed E-state index contributed by atoms with van der Waals surface area (Å²) in [5, 5.41) is 8.83. The lowest BCUT2D eigenvalue weighted by Crippen LogP contribution is -2.56. The third-order valence-electron chi connectivity index (χ3n) is 3.77. The van der Waals surface area contributed by atoms with Crippen molar-refractivity contribution in [2.75, 3.05) is 5.32 Å². The van der Waals surface area contributed by atoms with Crippen LogP contribution in [0, 0.1) is 3.57 Å². The van der Waals surface area contributed by atoms with Gasteiger partial charge in [0.1, 0.15) is 6.17 Å². The number of thiocarbonyl (C=S) groups is 1. The zero-order chi connectivity index (χ0) is 20.3. The van der Waals surface area contributed by atoms with Crippen LogP contribution in [-0.2, 0) is 4.79 Å². The average molecular weight is 565 g/mol. The summed E-state index contributed by atoms with van der Waals surface area (Å²) in [5.41, 5.74) is 0.800. The maximum atomic E-state index is 12.2. The van der Waals surface area contributed by atoms with E-state index in [9.17, 15) is 4.79 Å². The van der Waals surface area contributed by atoms with E-state index in [0.29, 0.717) is 6.42 Å². The van der Waals surface area contributed by atoms with Gasteiger partial charge in [0.05, 0.1) is 0 Å². The van der Waals surface area contributed by atoms with E-state index in [1.165, 1.54) is 19.3 Å². The van der Waals surface area contributed by atoms with Gasteiger partial charge in [-0.3, -0.25) is 4.79 Å². The molecule has 0 aliphatic rings. The summed E-state index contributed by atoms with van der Waals surface area (Å²) in [7, 11) is 0. The van der Waals surface area contributed by atoms with Gasteiger partial charge in [-0.2, -0.15) is 0 Å². The van der Waals surface area contributed by atoms with Crippen LogP contribution >= 0.6 is 69.6 Å². The monoisotopic (exact) mass is 563 g/mol. The highest BCUT2D eigenvalue weighted by molar-refractivity contribution is 14.1. The lowest BCUT2D eigenvalue weighted by Gasteiger charge is -2.27. The van der Waals surface area contributed by atoms with E-state index in [-0.39, 0.29) is 11.0 Å². The average Bonchev–Trinajstić information content (AvgIpc) is 2.58. The van der Waals surface area contributed by atoms with Crippen LogP contribution in [0.5, 0.6) is 0 Å². The predicted octanol–water partition coefficient (Wildman–Crippen LogP) is 6.14. The second kappa shape index (κ2) is 13.2. The molecule has 0 saturated heterocycles. The highest BCUT2D eigenvalue weighted by atomic mass is 127. The molecule has 0 aliphatic carbocycles. The number of halogens is 4. The minimum Gasteiger partial charge on any atom is -0.339 e. The number of amides is 1. The van der Waals surface area contributed by atoms with Gasteiger partial charge in [-0.15, -0.1) is 0 Å². The van der Waals surface area contributed by atoms with E-state index >= 15 is 0 Å². The van der Waals surface area contributed by atoms with Gasteiger partial charge in [0, 0.05) is 15.7 Å². The first-order valence-electron chi connectivity index (χ1n) is 8.91. The lowest BCUT2D eigenvalue weighted by molar-refractivity contribution is -0.122. The quantitative estimate of drug-likeness (QED) is 0.105. The third kappa shape index (κ3) is 11.5. The molecule has 0 saturated carbocycles. The minimum atomic E-state index is -1.74. The molecule has 0 spiro atoms. The summed E-state index contributed by atoms with van der Waals surface area (Å²) in [4.78, 5) is 12.2. The molecule has 1 rings (SSSR count). The Morgan fingerprint density at radius 3 is 2.26 bits per heavy atom. The lowest BCUT2D eigenvalue weighted by atomic mass is 10.1. The summed E-state index contributed by atoms with van der Waals surface area (Å²) in [5.74, 6) is -0.175. The number of rotatable bonds is 10. The maximum Gasteiger partial charge on any atom is 0.228 e. The van der Waals surface area contributed by atoms with Crippen molar-refractivity contribution in [3.8, 4) is 0 Å². The Labute approximate surface area is 195 Å². The van der Waals surface area contributed by atoms with Crippen molar-refractivity contribution in [2.45, 2.75) is 61.8 Å². The molecular weight excluding hydrogens is 540 g/mol. The number of nitrogens with one attached hydrogen (secondary N) is 3. The molecule has 0 aromatic heterocycles. The fourth-order valence-corrected chi connectivity index (χ4v) is 3.25. The van der Waals surface area contributed by atoms with Gasteiger partial charge in [-0.1, -0.05) is 73.8 Å². The first-order chi connectivity index (χ1) is 12.7. The van der Waals surface area contributed by atoms with Gasteiger partial charge >= 0.3 is 0 Å². The Kier molecular flexibility index (Phi) is 12.3. The zero-order valence-electron chi connectivity index (χ0n) is 15.2. The van der Waals surface area contributed by atoms with Crippen LogP contribution in [0.1, 0.15) is 51.9 Å². The number of hydrogen-bond acceptors (Lipinski definition) is 2. The van der Waals surface area contributed by atoms with Gasteiger partial charge in [0.25, 0.3) is 0 Å². The molecule has 1 aromatic carbocycles. The van der Waals surface area contributed by atoms with E-state index < -0.39 is 9.96 Å². The van der Waals surface area contributed by atoms with Crippen LogP contribution < -0.4 is 16.0 Å². The summed E-state index contributed by atoms with van der Waals surface area (Å²) >= 11 is 25.5. The molecular formula is C18H25Cl3IN3OS. The number of hydrogen-bond donors (Lipinski definition) is 3. The number of carbonyl (C=O) groups excluding carboxylic acids is 1. The van der Waals surface area contributed by atoms with Crippen LogP contribution in [-0.4, -0.2) is 21.0 Å². The first-order valence-corrected chi connectivity index (χ1v) is 11.5. The van der Waals surface area contributed by atoms with Crippen LogP contribution in [0.2, 0.25) is 0 Å². The Morgan fingerprint density at radius 2 is 1.67 bits per heavy atom. The highest BCUT2D eigenvalue weighted by Gasteiger charge is 2.34. The van der Waals surface area contributed by atoms with Gasteiger partial charge in [-0.25, -0.2) is 0 Å². The zero-order valence-corrected chi connectivity index (χ0v) is 20.4. The van der Waals surface area contributed by atoms with Crippen molar-refractivity contribution >= 4 is 86.3 Å². The summed E-state index contributed by atoms with van der Waals surface area (Å²) in [6.45, 7) is 2.18. The van der Waals surface area contributed by atoms with Crippen LogP contribution in [0.4, 0.5) is 5.69 Å². The van der Waals surface area contributed by atoms with Crippen molar-refractivity contribution in [3.63, 3.8) is 0 Å². The van der Waals surface area contributed by atoms with Crippen LogP contribution in [0.15, 0.2) is 24.3 Å². The van der Waals surface area contributed by atoms with Crippen molar-refractivity contribution in [2.24, 2.45) is 0 Å². The number of alkyl halides is 3. The fourth-order valence-electron chi connectivity index (χ4n) is 2.33. The van der Waals surface area contributed by atoms with Crippen LogP contribution in [0.25, 0.3) is 0 Å². The molecule has 0 heterocycles. The van der Waals surface area contributed by atoms with E-state index in [2.05, 4.69) is 45.5 Å². The molecule has 3 N–H and O–H groups in total. The largest absolute Gasteiger partial charge is 0.339 e. The molecule has 1 aromatic rings. The van der Waals surface area contributed by atoms with Crippen molar-refractivity contribution < 1.29 is 4.79 Å². The second-order valence-electron chi connectivity index (χ2n) is 6.17. The highest BCUT2D eigenvalue weighted by Crippen LogP contribution is 2.29. The molecule has 27 heavy (non-hydrogen) atoms. The third-order valence-corrected chi connectivity index (χ3v) is 5.36. The van der Waals surface area contributed by atoms with Gasteiger partial charge in [0.15, 0.2) is 5.11 Å². The van der Waals surface area contributed by atoms with Gasteiger partial charge in [0.2, 0.25) is 9.70 Å². The Hall–Kier alpha value is -0.0200. The van der Waals surface area contributed by atoms with E-state index in [4.69, 9.17) is 47.0 Å². The number of anilines is 1. The Bertz CT molecular complexity index is 597. The molecule has 1 amide bonds. The van der Waals surface area contributed by atoms with Gasteiger partial charge < -0.3 is 16.0 Å². The maximum absolute atomic E-state index is 12.2. The second-order valence-corrected chi connectivity index (χ2v) is 10.2. The number of benzene rings is 1. The molecule has 0 aliphatic heterocycles. The molecule has 0 radical (unpaired) electrons. The number of carbonyl (C=O) groups is 1. The SMILES string of the molecule is CCCCCCCCC(=O)N[C@H](NC(=S)Nc1ccc(I)cc1)C(Cl)(Cl)Cl. The Balaban J connectivity index is 2.46. The standard InChI is InChI=1S/C18H25Cl3IN3OS/c1-2-3-4-5-6-7-8-15(26)24-16(18(19,20)21)25-17(27)23-14-11-9-13(22)10-12-14/h9-12,16H,2-8H2,1H3,(H,24,26)(H2,23,25,27)/t16-/m1/s1. The van der Waals surface area contributed by atoms with Gasteiger partial charge in [-0.05, 0) is 65.5 Å². The van der Waals surface area contributed by atoms with E-state index in [0.717, 1.165) is 28.5 Å². The molecule has 0 unspecified atom stereocenters. The first kappa shape index (κ1) is 25.0. The van der Waals surface area contributed by atoms with Crippen LogP contribution in [0.3, 0.4) is 0 Å². The summed E-state index contributed by atoms with van der Waals surface area (Å²) in [6.07, 6.45) is 6.07. The minimum absolute atomic E-state index is 0.175. The number of unbranched alkanes of at least 4 members (excludes halogenated alkanes) is 5. The Morgan fingerprint density at radius 1 is 1.07 bits per heavy atom. The molecule has 152 valence electrons. The van der Waals surface area contributed by atoms with Crippen molar-refractivity contribution in [1.29, 1.82) is 0 Å². The molecule has 4 nitrogen and oxygen atoms in total. The normalized spacial score (nSPS) is 12.3. The molecule has 0 bridgehead atoms. The fraction of sp³-hybridized carbons (Fsp3) is 0.556. The summed E-state index contributed by atoms with van der Waals surface area (Å²) < 4.78 is -0.632. The van der Waals surface area contributed by atoms with Crippen molar-refractivity contribution in [1.82, 2.24) is 10.6 Å².